The molecule has 0 aromatic heterocycles. The second kappa shape index (κ2) is 6.01. The second-order valence-electron chi connectivity index (χ2n) is 5.67. The normalized spacial score (nSPS) is 14.4. The largest absolute Gasteiger partial charge is 0.395 e. The number of amides is 2. The topological polar surface area (TPSA) is 60.9 Å². The van der Waals surface area contributed by atoms with Crippen molar-refractivity contribution in [3.05, 3.63) is 42.0 Å². The van der Waals surface area contributed by atoms with Gasteiger partial charge >= 0.3 is 0 Å². The van der Waals surface area contributed by atoms with Crippen molar-refractivity contribution in [2.24, 2.45) is 0 Å². The van der Waals surface area contributed by atoms with Gasteiger partial charge in [0.05, 0.1) is 12.3 Å². The van der Waals surface area contributed by atoms with Gasteiger partial charge in [-0.1, -0.05) is 24.3 Å². The Morgan fingerprint density at radius 2 is 1.96 bits per heavy atom. The molecule has 0 spiro atoms. The van der Waals surface area contributed by atoms with Crippen molar-refractivity contribution in [2.45, 2.75) is 19.9 Å². The molecule has 0 fully saturated rings. The zero-order valence-electron chi connectivity index (χ0n) is 13.3. The number of nitrogens with zero attached hydrogens (tertiary/aromatic N) is 2. The SMILES string of the molecule is CCN(CCO)C(=O)C(C)N1C(=O)c2cccc3cccc1c23. The summed E-state index contributed by atoms with van der Waals surface area (Å²) >= 11 is 0. The molecule has 1 N–H and O–H groups in total. The molecule has 3 rings (SSSR count). The van der Waals surface area contributed by atoms with Gasteiger partial charge in [-0.3, -0.25) is 14.5 Å². The van der Waals surface area contributed by atoms with Gasteiger partial charge in [-0.25, -0.2) is 0 Å². The molecule has 1 heterocycles. The molecule has 1 unspecified atom stereocenters. The molecule has 1 aliphatic rings. The van der Waals surface area contributed by atoms with Crippen molar-refractivity contribution < 1.29 is 14.7 Å². The summed E-state index contributed by atoms with van der Waals surface area (Å²) in [6, 6.07) is 10.8. The maximum Gasteiger partial charge on any atom is 0.259 e. The zero-order chi connectivity index (χ0) is 16.6. The van der Waals surface area contributed by atoms with Crippen molar-refractivity contribution in [1.82, 2.24) is 4.90 Å². The highest BCUT2D eigenvalue weighted by molar-refractivity contribution is 6.26. The minimum Gasteiger partial charge on any atom is -0.395 e. The smallest absolute Gasteiger partial charge is 0.259 e. The van der Waals surface area contributed by atoms with Gasteiger partial charge < -0.3 is 10.0 Å². The van der Waals surface area contributed by atoms with Crippen molar-refractivity contribution >= 4 is 28.3 Å². The number of anilines is 1. The summed E-state index contributed by atoms with van der Waals surface area (Å²) in [5.74, 6) is -0.294. The first-order valence-corrected chi connectivity index (χ1v) is 7.85. The molecule has 0 bridgehead atoms. The number of aliphatic hydroxyl groups excluding tert-OH is 1. The van der Waals surface area contributed by atoms with Gasteiger partial charge in [0.25, 0.3) is 5.91 Å². The Bertz CT molecular complexity index is 767. The number of hydrogen-bond donors (Lipinski definition) is 1. The fourth-order valence-electron chi connectivity index (χ4n) is 3.24. The number of carbonyl (C=O) groups is 2. The molecule has 1 atom stereocenters. The van der Waals surface area contributed by atoms with Crippen molar-refractivity contribution in [2.75, 3.05) is 24.6 Å². The van der Waals surface area contributed by atoms with E-state index in [1.807, 2.05) is 37.3 Å². The van der Waals surface area contributed by atoms with Gasteiger partial charge in [0.15, 0.2) is 0 Å². The Balaban J connectivity index is 2.01. The molecule has 2 aromatic carbocycles. The number of hydrogen-bond acceptors (Lipinski definition) is 3. The average Bonchev–Trinajstić information content (AvgIpc) is 2.86. The van der Waals surface area contributed by atoms with Gasteiger partial charge in [0.1, 0.15) is 6.04 Å². The van der Waals surface area contributed by atoms with Gasteiger partial charge in [0.2, 0.25) is 5.91 Å². The average molecular weight is 312 g/mol. The number of aliphatic hydroxyl groups is 1. The Morgan fingerprint density at radius 1 is 1.26 bits per heavy atom. The third-order valence-corrected chi connectivity index (χ3v) is 4.40. The van der Waals surface area contributed by atoms with Crippen LogP contribution in [0.4, 0.5) is 5.69 Å². The van der Waals surface area contributed by atoms with E-state index in [4.69, 9.17) is 5.11 Å². The van der Waals surface area contributed by atoms with Crippen LogP contribution in [0.25, 0.3) is 10.8 Å². The van der Waals surface area contributed by atoms with Crippen molar-refractivity contribution in [1.29, 1.82) is 0 Å². The number of benzene rings is 2. The molecule has 2 aromatic rings. The molecule has 0 radical (unpaired) electrons. The summed E-state index contributed by atoms with van der Waals surface area (Å²) in [6.07, 6.45) is 0. The van der Waals surface area contributed by atoms with Gasteiger partial charge in [-0.05, 0) is 31.4 Å². The Morgan fingerprint density at radius 3 is 2.61 bits per heavy atom. The molecule has 120 valence electrons. The second-order valence-corrected chi connectivity index (χ2v) is 5.67. The van der Waals surface area contributed by atoms with Crippen LogP contribution < -0.4 is 4.90 Å². The van der Waals surface area contributed by atoms with E-state index < -0.39 is 6.04 Å². The first-order valence-electron chi connectivity index (χ1n) is 7.85. The highest BCUT2D eigenvalue weighted by atomic mass is 16.3. The summed E-state index contributed by atoms with van der Waals surface area (Å²) in [7, 11) is 0. The van der Waals surface area contributed by atoms with E-state index in [1.165, 1.54) is 0 Å². The molecule has 1 aliphatic heterocycles. The predicted molar refractivity (Wildman–Crippen MR) is 89.6 cm³/mol. The summed E-state index contributed by atoms with van der Waals surface area (Å²) in [5, 5.41) is 11.0. The lowest BCUT2D eigenvalue weighted by atomic mass is 10.1. The maximum absolute atomic E-state index is 12.8. The Kier molecular flexibility index (Phi) is 4.05. The van der Waals surface area contributed by atoms with Crippen LogP contribution in [0.5, 0.6) is 0 Å². The van der Waals surface area contributed by atoms with Crippen LogP contribution >= 0.6 is 0 Å². The van der Waals surface area contributed by atoms with Crippen molar-refractivity contribution in [3.8, 4) is 0 Å². The van der Waals surface area contributed by atoms with E-state index in [-0.39, 0.29) is 25.0 Å². The van der Waals surface area contributed by atoms with E-state index in [1.54, 1.807) is 22.8 Å². The monoisotopic (exact) mass is 312 g/mol. The summed E-state index contributed by atoms with van der Waals surface area (Å²) in [4.78, 5) is 28.6. The minimum absolute atomic E-state index is 0.0872. The highest BCUT2D eigenvalue weighted by Crippen LogP contribution is 2.38. The standard InChI is InChI=1S/C18H20N2O3/c1-3-19(10-11-21)17(22)12(2)20-15-9-5-7-13-6-4-8-14(16(13)15)18(20)23/h4-9,12,21H,3,10-11H2,1-2H3. The lowest BCUT2D eigenvalue weighted by molar-refractivity contribution is -0.132. The van der Waals surface area contributed by atoms with Crippen LogP contribution in [0.1, 0.15) is 24.2 Å². The molecule has 0 aliphatic carbocycles. The van der Waals surface area contributed by atoms with Crippen molar-refractivity contribution in [3.63, 3.8) is 0 Å². The van der Waals surface area contributed by atoms with Crippen LogP contribution in [0.2, 0.25) is 0 Å². The van der Waals surface area contributed by atoms with E-state index in [2.05, 4.69) is 0 Å². The fraction of sp³-hybridized carbons (Fsp3) is 0.333. The molecular formula is C18H20N2O3. The number of rotatable bonds is 5. The third-order valence-electron chi connectivity index (χ3n) is 4.40. The zero-order valence-corrected chi connectivity index (χ0v) is 13.3. The van der Waals surface area contributed by atoms with E-state index in [0.717, 1.165) is 16.5 Å². The van der Waals surface area contributed by atoms with Gasteiger partial charge in [0, 0.05) is 24.0 Å². The van der Waals surface area contributed by atoms with Crippen LogP contribution in [-0.2, 0) is 4.79 Å². The maximum atomic E-state index is 12.8. The first-order chi connectivity index (χ1) is 11.1. The highest BCUT2D eigenvalue weighted by Gasteiger charge is 2.36. The molecule has 2 amide bonds. The Labute approximate surface area is 135 Å². The van der Waals surface area contributed by atoms with Gasteiger partial charge in [-0.15, -0.1) is 0 Å². The quantitative estimate of drug-likeness (QED) is 0.919. The molecule has 0 saturated carbocycles. The van der Waals surface area contributed by atoms with E-state index in [0.29, 0.717) is 12.1 Å². The summed E-state index contributed by atoms with van der Waals surface area (Å²) in [5.41, 5.74) is 1.42. The van der Waals surface area contributed by atoms with Gasteiger partial charge in [-0.2, -0.15) is 0 Å². The number of likely N-dealkylation sites (N-methyl/N-ethyl adjacent to an activating group) is 1. The molecule has 23 heavy (non-hydrogen) atoms. The molecule has 5 nitrogen and oxygen atoms in total. The minimum atomic E-state index is -0.605. The molecule has 5 heteroatoms. The Hall–Kier alpha value is -2.40. The van der Waals surface area contributed by atoms with Crippen LogP contribution in [0.3, 0.4) is 0 Å². The fourth-order valence-corrected chi connectivity index (χ4v) is 3.24. The molecular weight excluding hydrogens is 292 g/mol. The van der Waals surface area contributed by atoms with E-state index >= 15 is 0 Å². The third kappa shape index (κ3) is 2.37. The van der Waals surface area contributed by atoms with Crippen LogP contribution in [-0.4, -0.2) is 47.6 Å². The summed E-state index contributed by atoms with van der Waals surface area (Å²) < 4.78 is 0. The van der Waals surface area contributed by atoms with E-state index in [9.17, 15) is 9.59 Å². The molecule has 0 saturated heterocycles. The van der Waals surface area contributed by atoms with Crippen LogP contribution in [0, 0.1) is 0 Å². The van der Waals surface area contributed by atoms with Crippen LogP contribution in [0.15, 0.2) is 36.4 Å². The lowest BCUT2D eigenvalue weighted by Crippen LogP contribution is -2.49. The predicted octanol–water partition coefficient (Wildman–Crippen LogP) is 2.03. The lowest BCUT2D eigenvalue weighted by Gasteiger charge is -2.30. The summed E-state index contributed by atoms with van der Waals surface area (Å²) in [6.45, 7) is 4.30. The number of carbonyl (C=O) groups excluding carboxylic acids is 2. The first kappa shape index (κ1) is 15.5.